The number of thiol groups is 1. The summed E-state index contributed by atoms with van der Waals surface area (Å²) in [6, 6.07) is 6.60. The van der Waals surface area contributed by atoms with Crippen molar-refractivity contribution in [1.82, 2.24) is 5.32 Å². The van der Waals surface area contributed by atoms with Crippen molar-refractivity contribution < 1.29 is 28.3 Å². The van der Waals surface area contributed by atoms with E-state index in [1.165, 1.54) is 25.0 Å². The zero-order chi connectivity index (χ0) is 21.8. The average Bonchev–Trinajstić information content (AvgIpc) is 3.11. The maximum atomic E-state index is 13.2. The van der Waals surface area contributed by atoms with Crippen molar-refractivity contribution in [3.05, 3.63) is 41.5 Å². The first-order chi connectivity index (χ1) is 14.2. The highest BCUT2D eigenvalue weighted by molar-refractivity contribution is 7.80. The minimum absolute atomic E-state index is 0.0481. The summed E-state index contributed by atoms with van der Waals surface area (Å²) in [5, 5.41) is 3.47. The van der Waals surface area contributed by atoms with Crippen molar-refractivity contribution in [2.45, 2.75) is 49.5 Å². The molecular formula is C20H31NO6P2S. The van der Waals surface area contributed by atoms with Crippen molar-refractivity contribution >= 4 is 33.9 Å². The SMILES string of the molecule is O=P(O)(O)C1(P(=O)(O)OCCC2CCC(CCCCS)CN2)C=Cc2ccccc21. The fraction of sp³-hybridized carbons (Fsp3) is 0.600. The monoisotopic (exact) mass is 475 g/mol. The predicted octanol–water partition coefficient (Wildman–Crippen LogP) is 4.10. The highest BCUT2D eigenvalue weighted by atomic mass is 32.1. The summed E-state index contributed by atoms with van der Waals surface area (Å²) in [5.41, 5.74) is 0.639. The molecule has 4 atom stereocenters. The summed E-state index contributed by atoms with van der Waals surface area (Å²) in [4.78, 5) is 28.4. The van der Waals surface area contributed by atoms with Crippen LogP contribution in [0, 0.1) is 5.92 Å². The Balaban J connectivity index is 1.60. The Hall–Kier alpha value is -0.430. The molecule has 7 nitrogen and oxygen atoms in total. The Labute approximate surface area is 183 Å². The molecule has 10 heteroatoms. The lowest BCUT2D eigenvalue weighted by molar-refractivity contribution is 0.210. The molecular weight excluding hydrogens is 444 g/mol. The largest absolute Gasteiger partial charge is 0.354 e. The molecule has 2 aliphatic rings. The molecule has 168 valence electrons. The first-order valence-electron chi connectivity index (χ1n) is 10.4. The van der Waals surface area contributed by atoms with Crippen LogP contribution < -0.4 is 5.32 Å². The van der Waals surface area contributed by atoms with E-state index in [0.29, 0.717) is 17.9 Å². The molecule has 4 N–H and O–H groups in total. The lowest BCUT2D eigenvalue weighted by atomic mass is 9.90. The third-order valence-corrected chi connectivity index (χ3v) is 11.0. The van der Waals surface area contributed by atoms with E-state index in [2.05, 4.69) is 17.9 Å². The maximum Gasteiger partial charge on any atom is 0.354 e. The van der Waals surface area contributed by atoms with Gasteiger partial charge in [0.05, 0.1) is 6.61 Å². The van der Waals surface area contributed by atoms with Crippen LogP contribution in [0.2, 0.25) is 0 Å². The number of benzene rings is 1. The van der Waals surface area contributed by atoms with Crippen molar-refractivity contribution in [3.8, 4) is 0 Å². The Bertz CT molecular complexity index is 851. The minimum Gasteiger partial charge on any atom is -0.323 e. The maximum absolute atomic E-state index is 13.2. The van der Waals surface area contributed by atoms with Crippen LogP contribution >= 0.6 is 27.8 Å². The van der Waals surface area contributed by atoms with Crippen molar-refractivity contribution in [2.75, 3.05) is 18.9 Å². The molecule has 4 unspecified atom stereocenters. The van der Waals surface area contributed by atoms with Crippen LogP contribution in [0.25, 0.3) is 6.08 Å². The van der Waals surface area contributed by atoms with Crippen LogP contribution in [0.3, 0.4) is 0 Å². The lowest BCUT2D eigenvalue weighted by Crippen LogP contribution is -2.39. The normalized spacial score (nSPS) is 28.3. The molecule has 1 aromatic carbocycles. The summed E-state index contributed by atoms with van der Waals surface area (Å²) >= 11 is 4.24. The third-order valence-electron chi connectivity index (χ3n) is 6.10. The van der Waals surface area contributed by atoms with Crippen LogP contribution in [-0.4, -0.2) is 39.6 Å². The summed E-state index contributed by atoms with van der Waals surface area (Å²) < 4.78 is 30.9. The fourth-order valence-electron chi connectivity index (χ4n) is 4.37. The van der Waals surface area contributed by atoms with E-state index >= 15 is 0 Å². The second kappa shape index (κ2) is 10.0. The molecule has 1 aromatic rings. The smallest absolute Gasteiger partial charge is 0.323 e. The zero-order valence-corrected chi connectivity index (χ0v) is 19.6. The number of hydrogen-bond donors (Lipinski definition) is 5. The highest BCUT2D eigenvalue weighted by Gasteiger charge is 2.63. The standard InChI is InChI=1S/C20H31NO6P2S/c22-28(23,24)20(12-10-17-6-1-2-7-19(17)20)29(25,26)27-13-11-18-9-8-16(15-21-18)5-3-4-14-30/h1-2,6-7,10,12,16,18,21,30H,3-5,8-9,11,13-15H2,(H,25,26)(H2,22,23,24). The Morgan fingerprint density at radius 1 is 1.13 bits per heavy atom. The lowest BCUT2D eigenvalue weighted by Gasteiger charge is -2.34. The van der Waals surface area contributed by atoms with Gasteiger partial charge in [-0.1, -0.05) is 36.8 Å². The van der Waals surface area contributed by atoms with Gasteiger partial charge in [-0.05, 0) is 67.5 Å². The molecule has 0 aromatic heterocycles. The van der Waals surface area contributed by atoms with Crippen LogP contribution in [0.4, 0.5) is 0 Å². The van der Waals surface area contributed by atoms with Gasteiger partial charge >= 0.3 is 15.2 Å². The zero-order valence-electron chi connectivity index (χ0n) is 16.9. The summed E-state index contributed by atoms with van der Waals surface area (Å²) in [6.45, 7) is 0.865. The molecule has 30 heavy (non-hydrogen) atoms. The van der Waals surface area contributed by atoms with E-state index < -0.39 is 20.1 Å². The number of unbranched alkanes of at least 4 members (excludes halogenated alkanes) is 1. The van der Waals surface area contributed by atoms with Gasteiger partial charge in [0.25, 0.3) is 0 Å². The van der Waals surface area contributed by atoms with Gasteiger partial charge in [0.1, 0.15) is 0 Å². The first kappa shape index (κ1) is 24.2. The van der Waals surface area contributed by atoms with Gasteiger partial charge in [-0.3, -0.25) is 9.13 Å². The van der Waals surface area contributed by atoms with E-state index in [-0.39, 0.29) is 18.2 Å². The number of hydrogen-bond acceptors (Lipinski definition) is 5. The summed E-state index contributed by atoms with van der Waals surface area (Å²) in [7, 11) is -9.75. The van der Waals surface area contributed by atoms with Crippen molar-refractivity contribution in [3.63, 3.8) is 0 Å². The molecule has 1 aliphatic heterocycles. The van der Waals surface area contributed by atoms with Gasteiger partial charge in [-0.15, -0.1) is 0 Å². The number of rotatable bonds is 10. The van der Waals surface area contributed by atoms with Gasteiger partial charge < -0.3 is 24.5 Å². The van der Waals surface area contributed by atoms with E-state index in [1.54, 1.807) is 18.2 Å². The molecule has 0 radical (unpaired) electrons. The quantitative estimate of drug-likeness (QED) is 0.197. The number of allylic oxidation sites excluding steroid dienone is 1. The second-order valence-electron chi connectivity index (χ2n) is 8.10. The van der Waals surface area contributed by atoms with Gasteiger partial charge in [-0.25, -0.2) is 0 Å². The van der Waals surface area contributed by atoms with Gasteiger partial charge in [0.2, 0.25) is 4.90 Å². The minimum atomic E-state index is -5.04. The van der Waals surface area contributed by atoms with E-state index in [1.807, 2.05) is 0 Å². The number of piperidine rings is 1. The highest BCUT2D eigenvalue weighted by Crippen LogP contribution is 2.79. The number of nitrogens with one attached hydrogen (secondary N) is 1. The van der Waals surface area contributed by atoms with Gasteiger partial charge in [0, 0.05) is 6.04 Å². The number of fused-ring (bicyclic) bond motifs is 1. The average molecular weight is 475 g/mol. The van der Waals surface area contributed by atoms with E-state index in [9.17, 15) is 23.8 Å². The fourth-order valence-corrected chi connectivity index (χ4v) is 8.19. The van der Waals surface area contributed by atoms with Crippen molar-refractivity contribution in [1.29, 1.82) is 0 Å². The predicted molar refractivity (Wildman–Crippen MR) is 122 cm³/mol. The van der Waals surface area contributed by atoms with E-state index in [0.717, 1.165) is 37.6 Å². The van der Waals surface area contributed by atoms with Gasteiger partial charge in [-0.2, -0.15) is 12.6 Å². The summed E-state index contributed by atoms with van der Waals surface area (Å²) in [6.07, 6.45) is 8.65. The topological polar surface area (TPSA) is 116 Å². The van der Waals surface area contributed by atoms with E-state index in [4.69, 9.17) is 4.52 Å². The van der Waals surface area contributed by atoms with Crippen LogP contribution in [0.5, 0.6) is 0 Å². The summed E-state index contributed by atoms with van der Waals surface area (Å²) in [5.74, 6) is 1.56. The molecule has 1 heterocycles. The molecule has 1 saturated heterocycles. The molecule has 1 aliphatic carbocycles. The molecule has 0 saturated carbocycles. The van der Waals surface area contributed by atoms with Crippen LogP contribution in [0.1, 0.15) is 49.7 Å². The van der Waals surface area contributed by atoms with Crippen molar-refractivity contribution in [2.24, 2.45) is 5.92 Å². The Kier molecular flexibility index (Phi) is 8.08. The second-order valence-corrected chi connectivity index (χ2v) is 12.7. The molecule has 0 bridgehead atoms. The van der Waals surface area contributed by atoms with Crippen LogP contribution in [-0.2, 0) is 18.6 Å². The molecule has 1 fully saturated rings. The molecule has 0 spiro atoms. The Morgan fingerprint density at radius 3 is 2.57 bits per heavy atom. The first-order valence-corrected chi connectivity index (χ1v) is 14.2. The third kappa shape index (κ3) is 4.97. The van der Waals surface area contributed by atoms with Crippen LogP contribution in [0.15, 0.2) is 30.3 Å². The van der Waals surface area contributed by atoms with Gasteiger partial charge in [0.15, 0.2) is 0 Å². The molecule has 3 rings (SSSR count). The Morgan fingerprint density at radius 2 is 1.90 bits per heavy atom. The molecule has 0 amide bonds.